The number of hydrogen-bond donors (Lipinski definition) is 2. The van der Waals surface area contributed by atoms with E-state index in [9.17, 15) is 10.2 Å². The second kappa shape index (κ2) is 5.65. The molecule has 18 heavy (non-hydrogen) atoms. The van der Waals surface area contributed by atoms with Gasteiger partial charge in [0.15, 0.2) is 0 Å². The van der Waals surface area contributed by atoms with Gasteiger partial charge in [0.1, 0.15) is 6.10 Å². The van der Waals surface area contributed by atoms with Gasteiger partial charge in [-0.3, -0.25) is 0 Å². The van der Waals surface area contributed by atoms with Crippen molar-refractivity contribution >= 4 is 15.9 Å². The van der Waals surface area contributed by atoms with Crippen molar-refractivity contribution in [2.24, 2.45) is 0 Å². The van der Waals surface area contributed by atoms with Crippen LogP contribution in [0.2, 0.25) is 0 Å². The Hall–Kier alpha value is -1.17. The van der Waals surface area contributed by atoms with Crippen LogP contribution in [0.3, 0.4) is 0 Å². The van der Waals surface area contributed by atoms with Crippen LogP contribution in [0.4, 0.5) is 0 Å². The molecule has 1 aromatic heterocycles. The molecule has 0 fully saturated rings. The van der Waals surface area contributed by atoms with Crippen molar-refractivity contribution in [3.05, 3.63) is 47.8 Å². The van der Waals surface area contributed by atoms with Gasteiger partial charge in [0.2, 0.25) is 0 Å². The van der Waals surface area contributed by atoms with Gasteiger partial charge < -0.3 is 10.2 Å². The van der Waals surface area contributed by atoms with Crippen molar-refractivity contribution in [1.82, 2.24) is 9.78 Å². The predicted molar refractivity (Wildman–Crippen MR) is 73.1 cm³/mol. The third kappa shape index (κ3) is 2.63. The third-order valence-corrected chi connectivity index (χ3v) is 3.49. The van der Waals surface area contributed by atoms with Gasteiger partial charge in [-0.05, 0) is 18.6 Å². The fourth-order valence-corrected chi connectivity index (χ4v) is 2.10. The first-order valence-electron chi connectivity index (χ1n) is 5.66. The number of para-hydroxylation sites is 1. The van der Waals surface area contributed by atoms with E-state index in [1.165, 1.54) is 0 Å². The van der Waals surface area contributed by atoms with Crippen molar-refractivity contribution in [1.29, 1.82) is 0 Å². The molecule has 0 bridgehead atoms. The van der Waals surface area contributed by atoms with E-state index < -0.39 is 12.2 Å². The number of aliphatic hydroxyl groups excluding tert-OH is 2. The molecule has 0 spiro atoms. The van der Waals surface area contributed by atoms with Crippen LogP contribution in [-0.4, -0.2) is 31.4 Å². The maximum atomic E-state index is 9.89. The van der Waals surface area contributed by atoms with E-state index >= 15 is 0 Å². The lowest BCUT2D eigenvalue weighted by atomic mass is 10.1. The molecule has 0 amide bonds. The predicted octanol–water partition coefficient (Wildman–Crippen LogP) is 1.97. The highest BCUT2D eigenvalue weighted by Crippen LogP contribution is 2.20. The van der Waals surface area contributed by atoms with Crippen LogP contribution >= 0.6 is 15.9 Å². The molecular formula is C13H15BrN2O2. The van der Waals surface area contributed by atoms with Crippen molar-refractivity contribution in [3.63, 3.8) is 0 Å². The quantitative estimate of drug-likeness (QED) is 0.849. The van der Waals surface area contributed by atoms with E-state index in [0.717, 1.165) is 11.3 Å². The maximum absolute atomic E-state index is 9.89. The van der Waals surface area contributed by atoms with Crippen LogP contribution in [0.15, 0.2) is 36.7 Å². The summed E-state index contributed by atoms with van der Waals surface area (Å²) in [4.78, 5) is 0. The average Bonchev–Trinajstić information content (AvgIpc) is 2.87. The summed E-state index contributed by atoms with van der Waals surface area (Å²) in [5.41, 5.74) is 2.66. The first-order chi connectivity index (χ1) is 8.63. The van der Waals surface area contributed by atoms with E-state index in [1.807, 2.05) is 31.2 Å². The Balaban J connectivity index is 2.29. The lowest BCUT2D eigenvalue weighted by molar-refractivity contribution is 0.0342. The highest BCUT2D eigenvalue weighted by molar-refractivity contribution is 9.09. The molecule has 96 valence electrons. The lowest BCUT2D eigenvalue weighted by Gasteiger charge is -2.13. The Morgan fingerprint density at radius 2 is 2.06 bits per heavy atom. The van der Waals surface area contributed by atoms with Gasteiger partial charge in [-0.1, -0.05) is 34.1 Å². The number of halogens is 1. The second-order valence-electron chi connectivity index (χ2n) is 4.17. The number of aliphatic hydroxyl groups is 2. The van der Waals surface area contributed by atoms with Gasteiger partial charge in [0.05, 0.1) is 18.0 Å². The molecule has 0 aliphatic rings. The SMILES string of the molecule is Cc1ccccc1-n1cc(C(O)C(O)CBr)cn1. The summed E-state index contributed by atoms with van der Waals surface area (Å²) in [5.74, 6) is 0. The Morgan fingerprint density at radius 1 is 1.33 bits per heavy atom. The summed E-state index contributed by atoms with van der Waals surface area (Å²) in [6.45, 7) is 2.00. The van der Waals surface area contributed by atoms with Gasteiger partial charge in [0, 0.05) is 17.1 Å². The summed E-state index contributed by atoms with van der Waals surface area (Å²) < 4.78 is 1.70. The van der Waals surface area contributed by atoms with Crippen LogP contribution in [0.25, 0.3) is 5.69 Å². The molecule has 1 heterocycles. The zero-order chi connectivity index (χ0) is 13.1. The average molecular weight is 311 g/mol. The number of hydrogen-bond acceptors (Lipinski definition) is 3. The molecule has 2 atom stereocenters. The first-order valence-corrected chi connectivity index (χ1v) is 6.78. The van der Waals surface area contributed by atoms with E-state index in [1.54, 1.807) is 17.1 Å². The Bertz CT molecular complexity index is 527. The number of aromatic nitrogens is 2. The van der Waals surface area contributed by atoms with Gasteiger partial charge in [-0.25, -0.2) is 4.68 Å². The minimum atomic E-state index is -0.929. The Morgan fingerprint density at radius 3 is 2.72 bits per heavy atom. The normalized spacial score (nSPS) is 14.4. The van der Waals surface area contributed by atoms with Crippen molar-refractivity contribution < 1.29 is 10.2 Å². The summed E-state index contributed by atoms with van der Waals surface area (Å²) >= 11 is 3.14. The molecule has 0 saturated carbocycles. The van der Waals surface area contributed by atoms with Crippen molar-refractivity contribution in [2.75, 3.05) is 5.33 Å². The van der Waals surface area contributed by atoms with Crippen LogP contribution in [0, 0.1) is 6.92 Å². The summed E-state index contributed by atoms with van der Waals surface area (Å²) in [5, 5.41) is 24.0. The lowest BCUT2D eigenvalue weighted by Crippen LogP contribution is -2.18. The number of benzene rings is 1. The molecule has 0 aliphatic heterocycles. The zero-order valence-electron chi connectivity index (χ0n) is 9.99. The minimum absolute atomic E-state index is 0.323. The summed E-state index contributed by atoms with van der Waals surface area (Å²) in [6.07, 6.45) is 1.55. The smallest absolute Gasteiger partial charge is 0.109 e. The summed E-state index contributed by atoms with van der Waals surface area (Å²) in [6, 6.07) is 7.86. The molecule has 2 aromatic rings. The Kier molecular flexibility index (Phi) is 4.16. The molecular weight excluding hydrogens is 296 g/mol. The first kappa shape index (κ1) is 13.3. The fourth-order valence-electron chi connectivity index (χ4n) is 1.75. The molecule has 1 aromatic carbocycles. The van der Waals surface area contributed by atoms with Crippen LogP contribution < -0.4 is 0 Å². The second-order valence-corrected chi connectivity index (χ2v) is 4.82. The van der Waals surface area contributed by atoms with E-state index in [4.69, 9.17) is 0 Å². The molecule has 0 aliphatic carbocycles. The molecule has 0 saturated heterocycles. The van der Waals surface area contributed by atoms with Gasteiger partial charge >= 0.3 is 0 Å². The van der Waals surface area contributed by atoms with Crippen LogP contribution in [0.1, 0.15) is 17.2 Å². The van der Waals surface area contributed by atoms with E-state index in [-0.39, 0.29) is 0 Å². The van der Waals surface area contributed by atoms with E-state index in [2.05, 4.69) is 21.0 Å². The Labute approximate surface area is 114 Å². The number of alkyl halides is 1. The molecule has 4 nitrogen and oxygen atoms in total. The molecule has 5 heteroatoms. The standard InChI is InChI=1S/C13H15BrN2O2/c1-9-4-2-3-5-11(9)16-8-10(7-15-16)13(18)12(17)6-14/h2-5,7-8,12-13,17-18H,6H2,1H3. The molecule has 0 radical (unpaired) electrons. The van der Waals surface area contributed by atoms with Crippen molar-refractivity contribution in [3.8, 4) is 5.69 Å². The maximum Gasteiger partial charge on any atom is 0.109 e. The van der Waals surface area contributed by atoms with E-state index in [0.29, 0.717) is 10.9 Å². The van der Waals surface area contributed by atoms with Crippen LogP contribution in [0.5, 0.6) is 0 Å². The van der Waals surface area contributed by atoms with Gasteiger partial charge in [0.25, 0.3) is 0 Å². The monoisotopic (exact) mass is 310 g/mol. The summed E-state index contributed by atoms with van der Waals surface area (Å²) in [7, 11) is 0. The fraction of sp³-hybridized carbons (Fsp3) is 0.308. The molecule has 2 N–H and O–H groups in total. The van der Waals surface area contributed by atoms with Gasteiger partial charge in [-0.2, -0.15) is 5.10 Å². The number of aryl methyl sites for hydroxylation is 1. The zero-order valence-corrected chi connectivity index (χ0v) is 11.6. The van der Waals surface area contributed by atoms with Crippen LogP contribution in [-0.2, 0) is 0 Å². The number of nitrogens with zero attached hydrogens (tertiary/aromatic N) is 2. The minimum Gasteiger partial charge on any atom is -0.389 e. The molecule has 2 unspecified atom stereocenters. The number of rotatable bonds is 4. The topological polar surface area (TPSA) is 58.3 Å². The third-order valence-electron chi connectivity index (χ3n) is 2.83. The molecule has 2 rings (SSSR count). The van der Waals surface area contributed by atoms with Gasteiger partial charge in [-0.15, -0.1) is 0 Å². The largest absolute Gasteiger partial charge is 0.389 e. The highest BCUT2D eigenvalue weighted by Gasteiger charge is 2.19. The van der Waals surface area contributed by atoms with Crippen molar-refractivity contribution in [2.45, 2.75) is 19.1 Å². The highest BCUT2D eigenvalue weighted by atomic mass is 79.9.